The fourth-order valence-electron chi connectivity index (χ4n) is 3.25. The normalized spacial score (nSPS) is 18.5. The summed E-state index contributed by atoms with van der Waals surface area (Å²) in [6.07, 6.45) is 4.00. The molecule has 0 aromatic carbocycles. The van der Waals surface area contributed by atoms with E-state index in [2.05, 4.69) is 5.10 Å². The lowest BCUT2D eigenvalue weighted by Gasteiger charge is -2.35. The van der Waals surface area contributed by atoms with Crippen LogP contribution < -0.4 is 0 Å². The van der Waals surface area contributed by atoms with Crippen LogP contribution in [-0.2, 0) is 23.1 Å². The molecular formula is C16H25N3O3. The van der Waals surface area contributed by atoms with Crippen molar-refractivity contribution in [2.45, 2.75) is 58.4 Å². The van der Waals surface area contributed by atoms with Crippen molar-refractivity contribution in [1.29, 1.82) is 0 Å². The Hall–Kier alpha value is -1.85. The lowest BCUT2D eigenvalue weighted by atomic mass is 9.96. The molecule has 1 aromatic heterocycles. The number of nitrogens with zero attached hydrogens (tertiary/aromatic N) is 3. The number of carboxylic acids is 1. The molecule has 1 aromatic rings. The lowest BCUT2D eigenvalue weighted by Crippen LogP contribution is -2.44. The minimum atomic E-state index is -0.795. The van der Waals surface area contributed by atoms with Crippen LogP contribution in [0.1, 0.15) is 49.1 Å². The highest BCUT2D eigenvalue weighted by Gasteiger charge is 2.28. The van der Waals surface area contributed by atoms with Crippen molar-refractivity contribution in [3.05, 3.63) is 17.0 Å². The first-order valence-corrected chi connectivity index (χ1v) is 7.90. The van der Waals surface area contributed by atoms with Crippen molar-refractivity contribution in [3.63, 3.8) is 0 Å². The number of hydrogen-bond acceptors (Lipinski definition) is 3. The Kier molecular flexibility index (Phi) is 5.21. The van der Waals surface area contributed by atoms with Gasteiger partial charge in [-0.1, -0.05) is 0 Å². The van der Waals surface area contributed by atoms with Crippen LogP contribution >= 0.6 is 0 Å². The molecule has 1 unspecified atom stereocenters. The van der Waals surface area contributed by atoms with Crippen LogP contribution in [0.3, 0.4) is 0 Å². The number of carboxylic acid groups (broad SMARTS) is 1. The van der Waals surface area contributed by atoms with Crippen LogP contribution in [0, 0.1) is 13.8 Å². The van der Waals surface area contributed by atoms with Gasteiger partial charge in [-0.05, 0) is 39.5 Å². The number of aromatic nitrogens is 2. The SMILES string of the molecule is Cc1nn(C)c(C)c1CC(=O)N1CCCCC1CCC(=O)O. The Bertz CT molecular complexity index is 565. The standard InChI is InChI=1S/C16H25N3O3/c1-11-14(12(2)18(3)17-11)10-15(20)19-9-5-4-6-13(19)7-8-16(21)22/h13H,4-10H2,1-3H3,(H,21,22). The number of carbonyl (C=O) groups is 2. The van der Waals surface area contributed by atoms with Crippen LogP contribution in [0.4, 0.5) is 0 Å². The summed E-state index contributed by atoms with van der Waals surface area (Å²) in [6.45, 7) is 4.63. The van der Waals surface area contributed by atoms with Crippen LogP contribution in [-0.4, -0.2) is 44.3 Å². The molecular weight excluding hydrogens is 282 g/mol. The third-order valence-electron chi connectivity index (χ3n) is 4.63. The smallest absolute Gasteiger partial charge is 0.303 e. The molecule has 6 nitrogen and oxygen atoms in total. The minimum Gasteiger partial charge on any atom is -0.481 e. The molecule has 0 spiro atoms. The summed E-state index contributed by atoms with van der Waals surface area (Å²) >= 11 is 0. The van der Waals surface area contributed by atoms with Crippen LogP contribution in [0.2, 0.25) is 0 Å². The van der Waals surface area contributed by atoms with Gasteiger partial charge in [0.2, 0.25) is 5.91 Å². The van der Waals surface area contributed by atoms with Crippen molar-refractivity contribution < 1.29 is 14.7 Å². The maximum Gasteiger partial charge on any atom is 0.303 e. The zero-order valence-corrected chi connectivity index (χ0v) is 13.6. The predicted molar refractivity (Wildman–Crippen MR) is 82.6 cm³/mol. The van der Waals surface area contributed by atoms with Gasteiger partial charge in [-0.2, -0.15) is 5.10 Å². The molecule has 1 aliphatic rings. The number of aliphatic carboxylic acids is 1. The number of hydrogen-bond donors (Lipinski definition) is 1. The maximum atomic E-state index is 12.7. The van der Waals surface area contributed by atoms with E-state index in [9.17, 15) is 9.59 Å². The van der Waals surface area contributed by atoms with Gasteiger partial charge in [-0.3, -0.25) is 14.3 Å². The van der Waals surface area contributed by atoms with E-state index in [1.165, 1.54) is 0 Å². The van der Waals surface area contributed by atoms with E-state index in [4.69, 9.17) is 5.11 Å². The molecule has 1 aliphatic heterocycles. The molecule has 1 fully saturated rings. The number of amides is 1. The van der Waals surface area contributed by atoms with E-state index >= 15 is 0 Å². The summed E-state index contributed by atoms with van der Waals surface area (Å²) in [5, 5.41) is 13.2. The summed E-state index contributed by atoms with van der Waals surface area (Å²) in [5.74, 6) is -0.703. The summed E-state index contributed by atoms with van der Waals surface area (Å²) in [5.41, 5.74) is 2.91. The van der Waals surface area contributed by atoms with Crippen molar-refractivity contribution in [2.75, 3.05) is 6.54 Å². The quantitative estimate of drug-likeness (QED) is 0.900. The van der Waals surface area contributed by atoms with Crippen molar-refractivity contribution >= 4 is 11.9 Å². The summed E-state index contributed by atoms with van der Waals surface area (Å²) < 4.78 is 1.80. The number of carbonyl (C=O) groups excluding carboxylic acids is 1. The third kappa shape index (κ3) is 3.67. The second-order valence-electron chi connectivity index (χ2n) is 6.12. The van der Waals surface area contributed by atoms with Crippen molar-refractivity contribution in [3.8, 4) is 0 Å². The number of rotatable bonds is 5. The van der Waals surface area contributed by atoms with Crippen LogP contribution in [0.25, 0.3) is 0 Å². The Balaban J connectivity index is 2.07. The largest absolute Gasteiger partial charge is 0.481 e. The third-order valence-corrected chi connectivity index (χ3v) is 4.63. The Morgan fingerprint density at radius 1 is 1.32 bits per heavy atom. The summed E-state index contributed by atoms with van der Waals surface area (Å²) in [4.78, 5) is 25.4. The Morgan fingerprint density at radius 2 is 2.05 bits per heavy atom. The zero-order valence-electron chi connectivity index (χ0n) is 13.6. The number of aryl methyl sites for hydroxylation is 2. The molecule has 122 valence electrons. The minimum absolute atomic E-state index is 0.0645. The van der Waals surface area contributed by atoms with Gasteiger partial charge in [0.05, 0.1) is 12.1 Å². The summed E-state index contributed by atoms with van der Waals surface area (Å²) in [7, 11) is 1.88. The van der Waals surface area contributed by atoms with Crippen molar-refractivity contribution in [2.24, 2.45) is 7.05 Å². The number of likely N-dealkylation sites (tertiary alicyclic amines) is 1. The lowest BCUT2D eigenvalue weighted by molar-refractivity contribution is -0.139. The van der Waals surface area contributed by atoms with E-state index in [-0.39, 0.29) is 18.4 Å². The second-order valence-corrected chi connectivity index (χ2v) is 6.12. The fraction of sp³-hybridized carbons (Fsp3) is 0.688. The van der Waals surface area contributed by atoms with Gasteiger partial charge in [0.15, 0.2) is 0 Å². The molecule has 1 saturated heterocycles. The van der Waals surface area contributed by atoms with Crippen LogP contribution in [0.15, 0.2) is 0 Å². The average Bonchev–Trinajstić information content (AvgIpc) is 2.71. The highest BCUT2D eigenvalue weighted by Crippen LogP contribution is 2.23. The van der Waals surface area contributed by atoms with Crippen molar-refractivity contribution in [1.82, 2.24) is 14.7 Å². The maximum absolute atomic E-state index is 12.7. The van der Waals surface area contributed by atoms with Gasteiger partial charge in [0, 0.05) is 37.3 Å². The molecule has 1 amide bonds. The molecule has 2 heterocycles. The highest BCUT2D eigenvalue weighted by molar-refractivity contribution is 5.79. The number of piperidine rings is 1. The van der Waals surface area contributed by atoms with E-state index < -0.39 is 5.97 Å². The van der Waals surface area contributed by atoms with Gasteiger partial charge in [-0.15, -0.1) is 0 Å². The Labute approximate surface area is 131 Å². The predicted octanol–water partition coefficient (Wildman–Crippen LogP) is 1.83. The fourth-order valence-corrected chi connectivity index (χ4v) is 3.25. The van der Waals surface area contributed by atoms with Gasteiger partial charge in [0.1, 0.15) is 0 Å². The molecule has 0 radical (unpaired) electrons. The first-order valence-electron chi connectivity index (χ1n) is 7.90. The van der Waals surface area contributed by atoms with E-state index in [0.29, 0.717) is 12.8 Å². The topological polar surface area (TPSA) is 75.4 Å². The highest BCUT2D eigenvalue weighted by atomic mass is 16.4. The summed E-state index contributed by atoms with van der Waals surface area (Å²) in [6, 6.07) is 0.0645. The molecule has 2 rings (SSSR count). The second kappa shape index (κ2) is 6.94. The molecule has 0 saturated carbocycles. The van der Waals surface area contributed by atoms with Gasteiger partial charge in [0.25, 0.3) is 0 Å². The molecule has 1 atom stereocenters. The molecule has 0 aliphatic carbocycles. The monoisotopic (exact) mass is 307 g/mol. The molecule has 6 heteroatoms. The zero-order chi connectivity index (χ0) is 16.3. The van der Waals surface area contributed by atoms with E-state index in [0.717, 1.165) is 42.8 Å². The first-order chi connectivity index (χ1) is 10.4. The van der Waals surface area contributed by atoms with Crippen LogP contribution in [0.5, 0.6) is 0 Å². The average molecular weight is 307 g/mol. The molecule has 22 heavy (non-hydrogen) atoms. The Morgan fingerprint density at radius 3 is 2.64 bits per heavy atom. The van der Waals surface area contributed by atoms with Gasteiger partial charge in [-0.25, -0.2) is 0 Å². The molecule has 1 N–H and O–H groups in total. The van der Waals surface area contributed by atoms with Gasteiger partial charge < -0.3 is 10.0 Å². The molecule has 0 bridgehead atoms. The van der Waals surface area contributed by atoms with E-state index in [1.807, 2.05) is 25.8 Å². The van der Waals surface area contributed by atoms with E-state index in [1.54, 1.807) is 4.68 Å². The van der Waals surface area contributed by atoms with Gasteiger partial charge >= 0.3 is 5.97 Å². The first kappa shape index (κ1) is 16.5.